The Hall–Kier alpha value is -0.120. The van der Waals surface area contributed by atoms with Crippen LogP contribution in [-0.4, -0.2) is 22.0 Å². The van der Waals surface area contributed by atoms with Gasteiger partial charge in [0.05, 0.1) is 0 Å². The van der Waals surface area contributed by atoms with Gasteiger partial charge in [0.2, 0.25) is 0 Å². The van der Waals surface area contributed by atoms with Crippen LogP contribution in [0, 0.1) is 13.8 Å². The summed E-state index contributed by atoms with van der Waals surface area (Å²) in [6.07, 6.45) is 0. The van der Waals surface area contributed by atoms with Gasteiger partial charge in [-0.1, -0.05) is 25.1 Å². The van der Waals surface area contributed by atoms with Crippen molar-refractivity contribution in [3.05, 3.63) is 34.9 Å². The van der Waals surface area contributed by atoms with Crippen LogP contribution in [0.1, 0.15) is 29.7 Å². The quantitative estimate of drug-likeness (QED) is 0.887. The van der Waals surface area contributed by atoms with Crippen LogP contribution in [0.25, 0.3) is 0 Å². The highest BCUT2D eigenvalue weighted by Gasteiger charge is 2.29. The third-order valence-electron chi connectivity index (χ3n) is 3.60. The molecular formula is C14H21NS2. The Morgan fingerprint density at radius 3 is 2.65 bits per heavy atom. The molecule has 0 spiro atoms. The molecule has 1 heterocycles. The molecule has 1 saturated heterocycles. The summed E-state index contributed by atoms with van der Waals surface area (Å²) in [5.74, 6) is 2.50. The standard InChI is InChI=1S/C14H21NS2/c1-9-5-4-6-12(10(9)2)13(15)14-11(3)16-7-8-17-14/h4-6,11,13-14H,7-8,15H2,1-3H3. The first kappa shape index (κ1) is 13.3. The van der Waals surface area contributed by atoms with Crippen molar-refractivity contribution in [2.24, 2.45) is 5.73 Å². The van der Waals surface area contributed by atoms with Crippen LogP contribution in [0.3, 0.4) is 0 Å². The maximum Gasteiger partial charge on any atom is 0.0429 e. The molecule has 0 radical (unpaired) electrons. The summed E-state index contributed by atoms with van der Waals surface area (Å²) in [5.41, 5.74) is 10.5. The van der Waals surface area contributed by atoms with Gasteiger partial charge in [0.1, 0.15) is 0 Å². The molecule has 0 bridgehead atoms. The second-order valence-corrected chi connectivity index (χ2v) is 7.50. The lowest BCUT2D eigenvalue weighted by atomic mass is 9.95. The van der Waals surface area contributed by atoms with Crippen LogP contribution in [0.4, 0.5) is 0 Å². The van der Waals surface area contributed by atoms with E-state index in [1.54, 1.807) is 0 Å². The maximum absolute atomic E-state index is 6.50. The van der Waals surface area contributed by atoms with Crippen LogP contribution in [-0.2, 0) is 0 Å². The molecule has 0 saturated carbocycles. The molecule has 1 fully saturated rings. The highest BCUT2D eigenvalue weighted by atomic mass is 32.2. The molecule has 17 heavy (non-hydrogen) atoms. The van der Waals surface area contributed by atoms with E-state index in [4.69, 9.17) is 5.73 Å². The van der Waals surface area contributed by atoms with Crippen molar-refractivity contribution in [3.63, 3.8) is 0 Å². The predicted molar refractivity (Wildman–Crippen MR) is 81.0 cm³/mol. The third kappa shape index (κ3) is 2.83. The van der Waals surface area contributed by atoms with E-state index in [9.17, 15) is 0 Å². The molecule has 0 amide bonds. The zero-order valence-electron chi connectivity index (χ0n) is 10.8. The SMILES string of the molecule is Cc1cccc(C(N)C2SCCSC2C)c1C. The monoisotopic (exact) mass is 267 g/mol. The first-order valence-electron chi connectivity index (χ1n) is 6.16. The summed E-state index contributed by atoms with van der Waals surface area (Å²) in [4.78, 5) is 0. The van der Waals surface area contributed by atoms with Gasteiger partial charge in [-0.3, -0.25) is 0 Å². The van der Waals surface area contributed by atoms with Gasteiger partial charge in [-0.25, -0.2) is 0 Å². The molecule has 0 aliphatic carbocycles. The number of aryl methyl sites for hydroxylation is 1. The van der Waals surface area contributed by atoms with Crippen molar-refractivity contribution in [1.29, 1.82) is 0 Å². The van der Waals surface area contributed by atoms with Crippen LogP contribution >= 0.6 is 23.5 Å². The second-order valence-electron chi connectivity index (χ2n) is 4.73. The summed E-state index contributed by atoms with van der Waals surface area (Å²) >= 11 is 4.10. The number of hydrogen-bond donors (Lipinski definition) is 1. The normalized spacial score (nSPS) is 26.8. The van der Waals surface area contributed by atoms with Gasteiger partial charge in [-0.15, -0.1) is 0 Å². The molecule has 1 aliphatic rings. The molecule has 1 nitrogen and oxygen atoms in total. The summed E-state index contributed by atoms with van der Waals surface area (Å²) in [5, 5.41) is 1.21. The smallest absolute Gasteiger partial charge is 0.0429 e. The fraction of sp³-hybridized carbons (Fsp3) is 0.571. The summed E-state index contributed by atoms with van der Waals surface area (Å²) in [6, 6.07) is 6.66. The van der Waals surface area contributed by atoms with Gasteiger partial charge in [-0.2, -0.15) is 23.5 Å². The summed E-state index contributed by atoms with van der Waals surface area (Å²) < 4.78 is 0. The highest BCUT2D eigenvalue weighted by Crippen LogP contribution is 2.38. The Morgan fingerprint density at radius 1 is 1.24 bits per heavy atom. The van der Waals surface area contributed by atoms with Gasteiger partial charge < -0.3 is 5.73 Å². The molecule has 94 valence electrons. The van der Waals surface area contributed by atoms with E-state index in [1.165, 1.54) is 28.2 Å². The van der Waals surface area contributed by atoms with Gasteiger partial charge in [0.15, 0.2) is 0 Å². The molecule has 2 N–H and O–H groups in total. The molecule has 1 aromatic rings. The van der Waals surface area contributed by atoms with Crippen molar-refractivity contribution in [2.45, 2.75) is 37.3 Å². The Labute approximate surface area is 113 Å². The number of thioether (sulfide) groups is 2. The molecule has 2 rings (SSSR count). The summed E-state index contributed by atoms with van der Waals surface area (Å²) in [6.45, 7) is 6.67. The summed E-state index contributed by atoms with van der Waals surface area (Å²) in [7, 11) is 0. The van der Waals surface area contributed by atoms with Crippen molar-refractivity contribution in [1.82, 2.24) is 0 Å². The van der Waals surface area contributed by atoms with Gasteiger partial charge in [0.25, 0.3) is 0 Å². The van der Waals surface area contributed by atoms with Crippen LogP contribution in [0.5, 0.6) is 0 Å². The molecule has 0 aromatic heterocycles. The molecule has 1 aliphatic heterocycles. The van der Waals surface area contributed by atoms with Crippen molar-refractivity contribution in [2.75, 3.05) is 11.5 Å². The Kier molecular flexibility index (Phi) is 4.45. The zero-order chi connectivity index (χ0) is 12.4. The minimum absolute atomic E-state index is 0.169. The van der Waals surface area contributed by atoms with Gasteiger partial charge in [-0.05, 0) is 30.5 Å². The molecule has 1 aromatic carbocycles. The van der Waals surface area contributed by atoms with E-state index in [0.717, 1.165) is 0 Å². The van der Waals surface area contributed by atoms with E-state index in [2.05, 4.69) is 50.7 Å². The average Bonchev–Trinajstić information content (AvgIpc) is 2.32. The molecule has 3 unspecified atom stereocenters. The van der Waals surface area contributed by atoms with Crippen LogP contribution < -0.4 is 5.73 Å². The Balaban J connectivity index is 2.23. The van der Waals surface area contributed by atoms with Crippen LogP contribution in [0.15, 0.2) is 18.2 Å². The maximum atomic E-state index is 6.50. The fourth-order valence-electron chi connectivity index (χ4n) is 2.36. The lowest BCUT2D eigenvalue weighted by molar-refractivity contribution is 0.659. The fourth-order valence-corrected chi connectivity index (χ4v) is 5.23. The van der Waals surface area contributed by atoms with E-state index in [1.807, 2.05) is 11.8 Å². The first-order chi connectivity index (χ1) is 8.11. The molecule has 3 heteroatoms. The minimum Gasteiger partial charge on any atom is -0.323 e. The van der Waals surface area contributed by atoms with E-state index in [0.29, 0.717) is 10.5 Å². The largest absolute Gasteiger partial charge is 0.323 e. The first-order valence-corrected chi connectivity index (χ1v) is 8.26. The highest BCUT2D eigenvalue weighted by molar-refractivity contribution is 8.07. The van der Waals surface area contributed by atoms with Gasteiger partial charge in [0, 0.05) is 28.0 Å². The van der Waals surface area contributed by atoms with E-state index >= 15 is 0 Å². The number of rotatable bonds is 2. The third-order valence-corrected chi connectivity index (χ3v) is 6.81. The topological polar surface area (TPSA) is 26.0 Å². The number of nitrogens with two attached hydrogens (primary N) is 1. The number of hydrogen-bond acceptors (Lipinski definition) is 3. The lowest BCUT2D eigenvalue weighted by Gasteiger charge is -2.33. The van der Waals surface area contributed by atoms with Crippen molar-refractivity contribution in [3.8, 4) is 0 Å². The Bertz CT molecular complexity index is 392. The van der Waals surface area contributed by atoms with Crippen molar-refractivity contribution < 1.29 is 0 Å². The zero-order valence-corrected chi connectivity index (χ0v) is 12.4. The van der Waals surface area contributed by atoms with Crippen molar-refractivity contribution >= 4 is 23.5 Å². The molecule has 3 atom stereocenters. The minimum atomic E-state index is 0.169. The Morgan fingerprint density at radius 2 is 1.94 bits per heavy atom. The number of benzene rings is 1. The average molecular weight is 267 g/mol. The van der Waals surface area contributed by atoms with E-state index < -0.39 is 0 Å². The lowest BCUT2D eigenvalue weighted by Crippen LogP contribution is -2.34. The van der Waals surface area contributed by atoms with Gasteiger partial charge >= 0.3 is 0 Å². The van der Waals surface area contributed by atoms with E-state index in [-0.39, 0.29) is 6.04 Å². The van der Waals surface area contributed by atoms with Crippen LogP contribution in [0.2, 0.25) is 0 Å². The second kappa shape index (κ2) is 5.68. The molecular weight excluding hydrogens is 246 g/mol. The predicted octanol–water partition coefficient (Wildman–Crippen LogP) is 3.54.